The first-order valence-electron chi connectivity index (χ1n) is 8.18. The molecule has 0 amide bonds. The molecule has 0 radical (unpaired) electrons. The van der Waals surface area contributed by atoms with Crippen LogP contribution < -0.4 is 5.32 Å². The maximum Gasteiger partial charge on any atom is 0.0479 e. The molecule has 21 heavy (non-hydrogen) atoms. The highest BCUT2D eigenvalue weighted by Gasteiger charge is 2.29. The van der Waals surface area contributed by atoms with Gasteiger partial charge in [0.05, 0.1) is 0 Å². The number of halogens is 1. The molecule has 2 fully saturated rings. The summed E-state index contributed by atoms with van der Waals surface area (Å²) in [5.41, 5.74) is 1.36. The fourth-order valence-corrected chi connectivity index (χ4v) is 3.84. The van der Waals surface area contributed by atoms with Crippen molar-refractivity contribution in [3.63, 3.8) is 0 Å². The van der Waals surface area contributed by atoms with Gasteiger partial charge in [0.15, 0.2) is 0 Å². The Morgan fingerprint density at radius 2 is 2.10 bits per heavy atom. The zero-order valence-corrected chi connectivity index (χ0v) is 13.6. The van der Waals surface area contributed by atoms with E-state index in [4.69, 9.17) is 11.6 Å². The number of benzene rings is 1. The van der Waals surface area contributed by atoms with Crippen molar-refractivity contribution >= 4 is 11.6 Å². The molecule has 2 atom stereocenters. The van der Waals surface area contributed by atoms with Crippen molar-refractivity contribution in [1.82, 2.24) is 15.1 Å². The van der Waals surface area contributed by atoms with Crippen molar-refractivity contribution < 1.29 is 0 Å². The normalized spacial score (nSPS) is 26.1. The molecule has 1 aromatic rings. The highest BCUT2D eigenvalue weighted by Crippen LogP contribution is 2.28. The zero-order valence-electron chi connectivity index (χ0n) is 12.9. The fourth-order valence-electron chi connectivity index (χ4n) is 3.65. The van der Waals surface area contributed by atoms with E-state index in [-0.39, 0.29) is 0 Å². The van der Waals surface area contributed by atoms with Crippen molar-refractivity contribution in [2.45, 2.75) is 31.8 Å². The molecule has 0 aromatic heterocycles. The lowest BCUT2D eigenvalue weighted by molar-refractivity contribution is 0.0908. The second-order valence-electron chi connectivity index (χ2n) is 6.37. The summed E-state index contributed by atoms with van der Waals surface area (Å²) in [4.78, 5) is 5.26. The predicted molar refractivity (Wildman–Crippen MR) is 88.9 cm³/mol. The lowest BCUT2D eigenvalue weighted by Crippen LogP contribution is -2.52. The molecule has 2 heterocycles. The van der Waals surface area contributed by atoms with E-state index in [1.165, 1.54) is 31.5 Å². The number of piperazine rings is 1. The summed E-state index contributed by atoms with van der Waals surface area (Å²) in [5, 5.41) is 4.34. The fraction of sp³-hybridized carbons (Fsp3) is 0.647. The average molecular weight is 308 g/mol. The molecule has 3 rings (SSSR count). The van der Waals surface area contributed by atoms with Crippen LogP contribution in [0.1, 0.15) is 31.4 Å². The number of hydrogen-bond donors (Lipinski definition) is 1. The van der Waals surface area contributed by atoms with Gasteiger partial charge in [-0.1, -0.05) is 23.7 Å². The van der Waals surface area contributed by atoms with E-state index in [1.54, 1.807) is 0 Å². The third-order valence-electron chi connectivity index (χ3n) is 4.82. The maximum absolute atomic E-state index is 6.24. The number of nitrogens with zero attached hydrogens (tertiary/aromatic N) is 2. The SMILES string of the molecule is CC1CNCCN1C(CN1CCCC1)c1cccc(Cl)c1. The monoisotopic (exact) mass is 307 g/mol. The molecule has 0 bridgehead atoms. The van der Waals surface area contributed by atoms with Gasteiger partial charge in [-0.2, -0.15) is 0 Å². The molecule has 0 aliphatic carbocycles. The van der Waals surface area contributed by atoms with E-state index in [0.717, 1.165) is 31.2 Å². The molecular formula is C17H26ClN3. The van der Waals surface area contributed by atoms with Gasteiger partial charge in [-0.25, -0.2) is 0 Å². The second kappa shape index (κ2) is 7.10. The summed E-state index contributed by atoms with van der Waals surface area (Å²) in [6, 6.07) is 9.48. The summed E-state index contributed by atoms with van der Waals surface area (Å²) >= 11 is 6.24. The first-order valence-corrected chi connectivity index (χ1v) is 8.56. The first kappa shape index (κ1) is 15.3. The molecule has 1 aromatic carbocycles. The molecule has 2 aliphatic rings. The van der Waals surface area contributed by atoms with Crippen LogP contribution in [-0.2, 0) is 0 Å². The average Bonchev–Trinajstić information content (AvgIpc) is 2.99. The lowest BCUT2D eigenvalue weighted by atomic mass is 10.0. The molecule has 116 valence electrons. The van der Waals surface area contributed by atoms with Crippen LogP contribution in [0.25, 0.3) is 0 Å². The van der Waals surface area contributed by atoms with E-state index >= 15 is 0 Å². The third kappa shape index (κ3) is 3.78. The Hall–Kier alpha value is -0.610. The Morgan fingerprint density at radius 1 is 1.29 bits per heavy atom. The van der Waals surface area contributed by atoms with Crippen LogP contribution >= 0.6 is 11.6 Å². The van der Waals surface area contributed by atoms with Gasteiger partial charge < -0.3 is 10.2 Å². The molecule has 4 heteroatoms. The van der Waals surface area contributed by atoms with Crippen LogP contribution in [0.2, 0.25) is 5.02 Å². The van der Waals surface area contributed by atoms with E-state index in [0.29, 0.717) is 12.1 Å². The van der Waals surface area contributed by atoms with Crippen LogP contribution in [0, 0.1) is 0 Å². The highest BCUT2D eigenvalue weighted by atomic mass is 35.5. The minimum Gasteiger partial charge on any atom is -0.314 e. The zero-order chi connectivity index (χ0) is 14.7. The summed E-state index contributed by atoms with van der Waals surface area (Å²) < 4.78 is 0. The molecule has 3 nitrogen and oxygen atoms in total. The quantitative estimate of drug-likeness (QED) is 0.923. The van der Waals surface area contributed by atoms with Gasteiger partial charge in [0.25, 0.3) is 0 Å². The smallest absolute Gasteiger partial charge is 0.0479 e. The molecule has 1 N–H and O–H groups in total. The number of likely N-dealkylation sites (tertiary alicyclic amines) is 1. The Kier molecular flexibility index (Phi) is 5.17. The van der Waals surface area contributed by atoms with Crippen LogP contribution in [0.15, 0.2) is 24.3 Å². The predicted octanol–water partition coefficient (Wildman–Crippen LogP) is 2.77. The highest BCUT2D eigenvalue weighted by molar-refractivity contribution is 6.30. The van der Waals surface area contributed by atoms with Gasteiger partial charge in [-0.15, -0.1) is 0 Å². The van der Waals surface area contributed by atoms with Crippen LogP contribution in [0.5, 0.6) is 0 Å². The number of nitrogens with one attached hydrogen (secondary N) is 1. The van der Waals surface area contributed by atoms with Gasteiger partial charge in [0.2, 0.25) is 0 Å². The molecule has 2 aliphatic heterocycles. The maximum atomic E-state index is 6.24. The summed E-state index contributed by atoms with van der Waals surface area (Å²) in [6.45, 7) is 9.23. The Morgan fingerprint density at radius 3 is 2.81 bits per heavy atom. The second-order valence-corrected chi connectivity index (χ2v) is 6.81. The van der Waals surface area contributed by atoms with Gasteiger partial charge in [-0.05, 0) is 50.6 Å². The van der Waals surface area contributed by atoms with Gasteiger partial charge >= 0.3 is 0 Å². The summed E-state index contributed by atoms with van der Waals surface area (Å²) in [6.07, 6.45) is 2.69. The van der Waals surface area contributed by atoms with Crippen molar-refractivity contribution in [3.05, 3.63) is 34.9 Å². The minimum atomic E-state index is 0.457. The van der Waals surface area contributed by atoms with Gasteiger partial charge in [0, 0.05) is 43.3 Å². The van der Waals surface area contributed by atoms with Crippen molar-refractivity contribution in [2.75, 3.05) is 39.3 Å². The minimum absolute atomic E-state index is 0.457. The van der Waals surface area contributed by atoms with Gasteiger partial charge in [0.1, 0.15) is 0 Å². The standard InChI is InChI=1S/C17H26ClN3/c1-14-12-19-7-10-21(14)17(13-20-8-2-3-9-20)15-5-4-6-16(18)11-15/h4-6,11,14,17,19H,2-3,7-10,12-13H2,1H3. The third-order valence-corrected chi connectivity index (χ3v) is 5.05. The summed E-state index contributed by atoms with van der Waals surface area (Å²) in [5.74, 6) is 0. The molecule has 0 saturated carbocycles. The summed E-state index contributed by atoms with van der Waals surface area (Å²) in [7, 11) is 0. The number of hydrogen-bond acceptors (Lipinski definition) is 3. The molecule has 2 saturated heterocycles. The van der Waals surface area contributed by atoms with Crippen LogP contribution in [-0.4, -0.2) is 55.1 Å². The van der Waals surface area contributed by atoms with Crippen molar-refractivity contribution in [3.8, 4) is 0 Å². The van der Waals surface area contributed by atoms with E-state index in [2.05, 4.69) is 40.2 Å². The van der Waals surface area contributed by atoms with Gasteiger partial charge in [-0.3, -0.25) is 4.90 Å². The van der Waals surface area contributed by atoms with E-state index < -0.39 is 0 Å². The lowest BCUT2D eigenvalue weighted by Gasteiger charge is -2.41. The topological polar surface area (TPSA) is 18.5 Å². The van der Waals surface area contributed by atoms with Crippen molar-refractivity contribution in [2.24, 2.45) is 0 Å². The van der Waals surface area contributed by atoms with E-state index in [1.807, 2.05) is 6.07 Å². The molecular weight excluding hydrogens is 282 g/mol. The Balaban J connectivity index is 1.82. The molecule has 2 unspecified atom stereocenters. The first-order chi connectivity index (χ1) is 10.2. The largest absolute Gasteiger partial charge is 0.314 e. The number of rotatable bonds is 4. The van der Waals surface area contributed by atoms with E-state index in [9.17, 15) is 0 Å². The Labute approximate surface area is 133 Å². The molecule has 0 spiro atoms. The Bertz CT molecular complexity index is 459. The van der Waals surface area contributed by atoms with Crippen molar-refractivity contribution in [1.29, 1.82) is 0 Å². The van der Waals surface area contributed by atoms with Crippen LogP contribution in [0.3, 0.4) is 0 Å². The van der Waals surface area contributed by atoms with Crippen LogP contribution in [0.4, 0.5) is 0 Å².